The van der Waals surface area contributed by atoms with Crippen molar-refractivity contribution in [3.8, 4) is 0 Å². The topological polar surface area (TPSA) is 70.2 Å². The third-order valence-corrected chi connectivity index (χ3v) is 4.03. The van der Waals surface area contributed by atoms with Gasteiger partial charge in [0.2, 0.25) is 5.91 Å². The zero-order chi connectivity index (χ0) is 20.1. The van der Waals surface area contributed by atoms with Crippen molar-refractivity contribution in [2.24, 2.45) is 0 Å². The molecule has 0 aliphatic heterocycles. The van der Waals surface area contributed by atoms with Crippen LogP contribution in [0.1, 0.15) is 11.4 Å². The van der Waals surface area contributed by atoms with Crippen LogP contribution in [-0.4, -0.2) is 30.0 Å². The highest BCUT2D eigenvalue weighted by Gasteiger charge is 2.08. The highest BCUT2D eigenvalue weighted by Crippen LogP contribution is 2.20. The molecular formula is C21H22FN5O. The molecule has 0 aliphatic carbocycles. The molecule has 28 heavy (non-hydrogen) atoms. The lowest BCUT2D eigenvalue weighted by molar-refractivity contribution is -0.115. The number of hydrogen-bond acceptors (Lipinski definition) is 5. The molecule has 0 saturated carbocycles. The number of rotatable bonds is 6. The van der Waals surface area contributed by atoms with E-state index in [0.717, 1.165) is 11.5 Å². The maximum absolute atomic E-state index is 13.7. The number of nitrogens with zero attached hydrogens (tertiary/aromatic N) is 3. The highest BCUT2D eigenvalue weighted by molar-refractivity contribution is 5.92. The summed E-state index contributed by atoms with van der Waals surface area (Å²) in [6.45, 7) is 1.84. The molecule has 0 unspecified atom stereocenters. The number of aryl methyl sites for hydroxylation is 1. The molecule has 0 fully saturated rings. The SMILES string of the molecule is Cc1nc(Nc2ccc(NC(=O)Cc3ccccc3F)cc2)cc(N(C)C)n1. The zero-order valence-electron chi connectivity index (χ0n) is 16.0. The van der Waals surface area contributed by atoms with Crippen molar-refractivity contribution in [3.05, 3.63) is 71.8 Å². The van der Waals surface area contributed by atoms with E-state index in [1.807, 2.05) is 44.1 Å². The Hall–Kier alpha value is -3.48. The van der Waals surface area contributed by atoms with E-state index < -0.39 is 0 Å². The maximum atomic E-state index is 13.7. The standard InChI is InChI=1S/C21H22FN5O/c1-14-23-19(13-20(24-14)27(2)3)25-16-8-10-17(11-9-16)26-21(28)12-15-6-4-5-7-18(15)22/h4-11,13H,12H2,1-3H3,(H,26,28)(H,23,24,25). The summed E-state index contributed by atoms with van der Waals surface area (Å²) in [5.41, 5.74) is 1.84. The number of carbonyl (C=O) groups excluding carboxylic acids is 1. The molecule has 7 heteroatoms. The van der Waals surface area contributed by atoms with E-state index in [2.05, 4.69) is 20.6 Å². The molecule has 2 aromatic carbocycles. The van der Waals surface area contributed by atoms with Crippen molar-refractivity contribution in [2.45, 2.75) is 13.3 Å². The van der Waals surface area contributed by atoms with Gasteiger partial charge in [-0.2, -0.15) is 0 Å². The molecular weight excluding hydrogens is 357 g/mol. The number of halogens is 1. The number of hydrogen-bond donors (Lipinski definition) is 2. The summed E-state index contributed by atoms with van der Waals surface area (Å²) >= 11 is 0. The van der Waals surface area contributed by atoms with Crippen LogP contribution >= 0.6 is 0 Å². The first-order valence-corrected chi connectivity index (χ1v) is 8.84. The fraction of sp³-hybridized carbons (Fsp3) is 0.190. The molecule has 0 atom stereocenters. The predicted octanol–water partition coefficient (Wildman–Crippen LogP) is 3.91. The number of carbonyl (C=O) groups is 1. The Kier molecular flexibility index (Phi) is 5.84. The summed E-state index contributed by atoms with van der Waals surface area (Å²) in [4.78, 5) is 22.8. The Morgan fingerprint density at radius 1 is 1.04 bits per heavy atom. The molecule has 1 amide bonds. The van der Waals surface area contributed by atoms with E-state index in [9.17, 15) is 9.18 Å². The average Bonchev–Trinajstić information content (AvgIpc) is 2.65. The van der Waals surface area contributed by atoms with E-state index in [-0.39, 0.29) is 18.1 Å². The van der Waals surface area contributed by atoms with Crippen LogP contribution in [0.3, 0.4) is 0 Å². The van der Waals surface area contributed by atoms with E-state index in [1.54, 1.807) is 30.3 Å². The third kappa shape index (κ3) is 5.03. The van der Waals surface area contributed by atoms with Gasteiger partial charge < -0.3 is 15.5 Å². The first-order chi connectivity index (χ1) is 13.4. The molecule has 0 spiro atoms. The quantitative estimate of drug-likeness (QED) is 0.679. The minimum Gasteiger partial charge on any atom is -0.363 e. The van der Waals surface area contributed by atoms with Gasteiger partial charge in [-0.05, 0) is 42.8 Å². The fourth-order valence-electron chi connectivity index (χ4n) is 2.65. The number of benzene rings is 2. The van der Waals surface area contributed by atoms with Crippen LogP contribution in [0.25, 0.3) is 0 Å². The second-order valence-electron chi connectivity index (χ2n) is 6.57. The van der Waals surface area contributed by atoms with Crippen LogP contribution in [0.5, 0.6) is 0 Å². The minimum absolute atomic E-state index is 0.0137. The molecule has 0 saturated heterocycles. The second kappa shape index (κ2) is 8.47. The van der Waals surface area contributed by atoms with E-state index in [1.165, 1.54) is 6.07 Å². The molecule has 0 radical (unpaired) electrons. The maximum Gasteiger partial charge on any atom is 0.228 e. The van der Waals surface area contributed by atoms with Crippen LogP contribution in [0.4, 0.5) is 27.4 Å². The number of anilines is 4. The molecule has 0 aliphatic rings. The molecule has 1 aromatic heterocycles. The van der Waals surface area contributed by atoms with Crippen molar-refractivity contribution < 1.29 is 9.18 Å². The molecule has 3 rings (SSSR count). The Balaban J connectivity index is 1.64. The van der Waals surface area contributed by atoms with Crippen LogP contribution < -0.4 is 15.5 Å². The molecule has 0 bridgehead atoms. The van der Waals surface area contributed by atoms with Gasteiger partial charge in [-0.1, -0.05) is 18.2 Å². The lowest BCUT2D eigenvalue weighted by atomic mass is 10.1. The van der Waals surface area contributed by atoms with Gasteiger partial charge in [0, 0.05) is 31.5 Å². The van der Waals surface area contributed by atoms with Crippen molar-refractivity contribution in [1.29, 1.82) is 0 Å². The molecule has 1 heterocycles. The summed E-state index contributed by atoms with van der Waals surface area (Å²) in [7, 11) is 3.84. The predicted molar refractivity (Wildman–Crippen MR) is 110 cm³/mol. The number of amides is 1. The van der Waals surface area contributed by atoms with Crippen molar-refractivity contribution in [1.82, 2.24) is 9.97 Å². The van der Waals surface area contributed by atoms with Crippen molar-refractivity contribution >= 4 is 28.9 Å². The van der Waals surface area contributed by atoms with Gasteiger partial charge in [0.15, 0.2) is 0 Å². The van der Waals surface area contributed by atoms with E-state index >= 15 is 0 Å². The van der Waals surface area contributed by atoms with Gasteiger partial charge in [0.1, 0.15) is 23.3 Å². The first kappa shape index (κ1) is 19.3. The molecule has 144 valence electrons. The minimum atomic E-state index is -0.380. The van der Waals surface area contributed by atoms with Crippen LogP contribution in [0.15, 0.2) is 54.6 Å². The Bertz CT molecular complexity index is 973. The summed E-state index contributed by atoms with van der Waals surface area (Å²) in [6.07, 6.45) is -0.0137. The van der Waals surface area contributed by atoms with Gasteiger partial charge in [0.25, 0.3) is 0 Å². The van der Waals surface area contributed by atoms with Gasteiger partial charge in [-0.3, -0.25) is 4.79 Å². The van der Waals surface area contributed by atoms with Crippen LogP contribution in [0, 0.1) is 12.7 Å². The smallest absolute Gasteiger partial charge is 0.228 e. The first-order valence-electron chi connectivity index (χ1n) is 8.84. The molecule has 6 nitrogen and oxygen atoms in total. The largest absolute Gasteiger partial charge is 0.363 e. The van der Waals surface area contributed by atoms with E-state index in [4.69, 9.17) is 0 Å². The highest BCUT2D eigenvalue weighted by atomic mass is 19.1. The van der Waals surface area contributed by atoms with Crippen molar-refractivity contribution in [2.75, 3.05) is 29.6 Å². The normalized spacial score (nSPS) is 10.4. The number of aromatic nitrogens is 2. The third-order valence-electron chi connectivity index (χ3n) is 4.03. The summed E-state index contributed by atoms with van der Waals surface area (Å²) in [5.74, 6) is 1.52. The summed E-state index contributed by atoms with van der Waals surface area (Å²) in [5, 5.41) is 6.00. The fourth-order valence-corrected chi connectivity index (χ4v) is 2.65. The summed E-state index contributed by atoms with van der Waals surface area (Å²) in [6, 6.07) is 15.4. The van der Waals surface area contributed by atoms with Gasteiger partial charge >= 0.3 is 0 Å². The monoisotopic (exact) mass is 379 g/mol. The Labute approximate surface area is 163 Å². The van der Waals surface area contributed by atoms with Crippen molar-refractivity contribution in [3.63, 3.8) is 0 Å². The average molecular weight is 379 g/mol. The second-order valence-corrected chi connectivity index (χ2v) is 6.57. The lowest BCUT2D eigenvalue weighted by Gasteiger charge is -2.14. The Morgan fingerprint density at radius 2 is 1.71 bits per heavy atom. The van der Waals surface area contributed by atoms with Gasteiger partial charge in [-0.15, -0.1) is 0 Å². The zero-order valence-corrected chi connectivity index (χ0v) is 16.0. The number of nitrogens with one attached hydrogen (secondary N) is 2. The molecule has 3 aromatic rings. The lowest BCUT2D eigenvalue weighted by Crippen LogP contribution is -2.15. The van der Waals surface area contributed by atoms with Gasteiger partial charge in [-0.25, -0.2) is 14.4 Å². The Morgan fingerprint density at radius 3 is 2.39 bits per heavy atom. The van der Waals surface area contributed by atoms with Crippen LogP contribution in [-0.2, 0) is 11.2 Å². The molecule has 2 N–H and O–H groups in total. The van der Waals surface area contributed by atoms with Crippen LogP contribution in [0.2, 0.25) is 0 Å². The van der Waals surface area contributed by atoms with Gasteiger partial charge in [0.05, 0.1) is 6.42 Å². The van der Waals surface area contributed by atoms with E-state index in [0.29, 0.717) is 22.9 Å². The summed E-state index contributed by atoms with van der Waals surface area (Å²) < 4.78 is 13.7.